The Labute approximate surface area is 163 Å². The standard InChI is InChI=1S/C20H32N2O3.ClH/c1-4-11-22(20(23)14-17-7-6-10-21-17)15-16-8-9-18(25-12-5-2)19(13-16)24-3;/h8-9,13,17,21H,4-7,10-12,14-15H2,1-3H3;1H. The van der Waals surface area contributed by atoms with Crippen LogP contribution in [0.1, 0.15) is 51.5 Å². The summed E-state index contributed by atoms with van der Waals surface area (Å²) in [4.78, 5) is 14.6. The molecule has 1 unspecified atom stereocenters. The molecule has 1 heterocycles. The highest BCUT2D eigenvalue weighted by molar-refractivity contribution is 5.85. The Morgan fingerprint density at radius 1 is 1.27 bits per heavy atom. The largest absolute Gasteiger partial charge is 0.493 e. The first kappa shape index (κ1) is 22.6. The molecule has 6 heteroatoms. The highest BCUT2D eigenvalue weighted by Gasteiger charge is 2.21. The number of ether oxygens (including phenoxy) is 2. The van der Waals surface area contributed by atoms with Gasteiger partial charge in [-0.15, -0.1) is 12.4 Å². The molecule has 5 nitrogen and oxygen atoms in total. The van der Waals surface area contributed by atoms with Crippen molar-refractivity contribution in [2.45, 2.75) is 58.5 Å². The predicted octanol–water partition coefficient (Wildman–Crippen LogP) is 3.79. The highest BCUT2D eigenvalue weighted by atomic mass is 35.5. The average Bonchev–Trinajstić information content (AvgIpc) is 3.13. The average molecular weight is 385 g/mol. The third-order valence-corrected chi connectivity index (χ3v) is 4.49. The van der Waals surface area contributed by atoms with Crippen molar-refractivity contribution < 1.29 is 14.3 Å². The highest BCUT2D eigenvalue weighted by Crippen LogP contribution is 2.29. The number of carbonyl (C=O) groups is 1. The number of carbonyl (C=O) groups excluding carboxylic acids is 1. The maximum atomic E-state index is 12.7. The number of nitrogens with zero attached hydrogens (tertiary/aromatic N) is 1. The zero-order chi connectivity index (χ0) is 18.1. The molecule has 1 aliphatic heterocycles. The summed E-state index contributed by atoms with van der Waals surface area (Å²) in [7, 11) is 1.65. The molecule has 1 fully saturated rings. The van der Waals surface area contributed by atoms with Crippen LogP contribution >= 0.6 is 12.4 Å². The number of hydrogen-bond donors (Lipinski definition) is 1. The second kappa shape index (κ2) is 12.0. The van der Waals surface area contributed by atoms with E-state index in [0.717, 1.165) is 49.4 Å². The summed E-state index contributed by atoms with van der Waals surface area (Å²) in [5.74, 6) is 1.72. The fourth-order valence-corrected chi connectivity index (χ4v) is 3.19. The quantitative estimate of drug-likeness (QED) is 0.666. The van der Waals surface area contributed by atoms with E-state index >= 15 is 0 Å². The lowest BCUT2D eigenvalue weighted by Crippen LogP contribution is -2.36. The normalized spacial score (nSPS) is 16.0. The first-order chi connectivity index (χ1) is 12.2. The van der Waals surface area contributed by atoms with E-state index in [1.165, 1.54) is 6.42 Å². The minimum atomic E-state index is 0. The van der Waals surface area contributed by atoms with Crippen molar-refractivity contribution in [2.24, 2.45) is 0 Å². The molecule has 1 aliphatic rings. The van der Waals surface area contributed by atoms with Gasteiger partial charge in [-0.3, -0.25) is 4.79 Å². The molecule has 0 spiro atoms. The Morgan fingerprint density at radius 3 is 2.69 bits per heavy atom. The molecule has 0 aromatic heterocycles. The second-order valence-corrected chi connectivity index (χ2v) is 6.65. The van der Waals surface area contributed by atoms with Crippen LogP contribution in [-0.4, -0.2) is 43.7 Å². The van der Waals surface area contributed by atoms with Gasteiger partial charge in [0.15, 0.2) is 11.5 Å². The monoisotopic (exact) mass is 384 g/mol. The van der Waals surface area contributed by atoms with Crippen molar-refractivity contribution in [3.05, 3.63) is 23.8 Å². The number of benzene rings is 1. The molecule has 2 rings (SSSR count). The number of rotatable bonds is 10. The molecule has 1 amide bonds. The summed E-state index contributed by atoms with van der Waals surface area (Å²) in [6, 6.07) is 6.29. The number of nitrogens with one attached hydrogen (secondary N) is 1. The fraction of sp³-hybridized carbons (Fsp3) is 0.650. The van der Waals surface area contributed by atoms with Crippen LogP contribution in [0.5, 0.6) is 11.5 Å². The Balaban J connectivity index is 0.00000338. The van der Waals surface area contributed by atoms with E-state index in [-0.39, 0.29) is 18.3 Å². The van der Waals surface area contributed by atoms with Crippen molar-refractivity contribution in [2.75, 3.05) is 26.8 Å². The number of amides is 1. The Kier molecular flexibility index (Phi) is 10.4. The molecule has 1 N–H and O–H groups in total. The van der Waals surface area contributed by atoms with Crippen LogP contribution in [-0.2, 0) is 11.3 Å². The van der Waals surface area contributed by atoms with Crippen LogP contribution in [0.2, 0.25) is 0 Å². The lowest BCUT2D eigenvalue weighted by molar-refractivity contribution is -0.132. The minimum Gasteiger partial charge on any atom is -0.493 e. The SMILES string of the molecule is CCCOc1ccc(CN(CCC)C(=O)CC2CCCN2)cc1OC.Cl. The van der Waals surface area contributed by atoms with E-state index in [1.54, 1.807) is 7.11 Å². The summed E-state index contributed by atoms with van der Waals surface area (Å²) >= 11 is 0. The maximum absolute atomic E-state index is 12.7. The molecule has 148 valence electrons. The van der Waals surface area contributed by atoms with Gasteiger partial charge < -0.3 is 19.7 Å². The Bertz CT molecular complexity index is 548. The zero-order valence-electron chi connectivity index (χ0n) is 16.3. The van der Waals surface area contributed by atoms with Crippen molar-refractivity contribution in [1.29, 1.82) is 0 Å². The first-order valence-corrected chi connectivity index (χ1v) is 9.48. The van der Waals surface area contributed by atoms with Gasteiger partial charge in [-0.05, 0) is 49.9 Å². The molecule has 1 aromatic rings. The minimum absolute atomic E-state index is 0. The van der Waals surface area contributed by atoms with Crippen LogP contribution in [0.25, 0.3) is 0 Å². The molecule has 1 atom stereocenters. The fourth-order valence-electron chi connectivity index (χ4n) is 3.19. The van der Waals surface area contributed by atoms with E-state index in [1.807, 2.05) is 23.1 Å². The molecule has 0 saturated carbocycles. The van der Waals surface area contributed by atoms with Gasteiger partial charge in [-0.25, -0.2) is 0 Å². The Morgan fingerprint density at radius 2 is 2.08 bits per heavy atom. The van der Waals surface area contributed by atoms with Gasteiger partial charge in [0, 0.05) is 25.6 Å². The molecular formula is C20H33ClN2O3. The lowest BCUT2D eigenvalue weighted by Gasteiger charge is -2.24. The van der Waals surface area contributed by atoms with Crippen molar-refractivity contribution in [1.82, 2.24) is 10.2 Å². The number of methoxy groups -OCH3 is 1. The first-order valence-electron chi connectivity index (χ1n) is 9.48. The maximum Gasteiger partial charge on any atom is 0.224 e. The van der Waals surface area contributed by atoms with Gasteiger partial charge >= 0.3 is 0 Å². The van der Waals surface area contributed by atoms with Crippen molar-refractivity contribution in [3.8, 4) is 11.5 Å². The van der Waals surface area contributed by atoms with E-state index in [2.05, 4.69) is 19.2 Å². The van der Waals surface area contributed by atoms with Gasteiger partial charge in [0.2, 0.25) is 5.91 Å². The summed E-state index contributed by atoms with van der Waals surface area (Å²) in [6.45, 7) is 7.28. The second-order valence-electron chi connectivity index (χ2n) is 6.65. The smallest absolute Gasteiger partial charge is 0.224 e. The third kappa shape index (κ3) is 6.69. The molecule has 0 aliphatic carbocycles. The predicted molar refractivity (Wildman–Crippen MR) is 107 cm³/mol. The van der Waals surface area contributed by atoms with Gasteiger partial charge in [0.25, 0.3) is 0 Å². The molecule has 1 saturated heterocycles. The van der Waals surface area contributed by atoms with Crippen molar-refractivity contribution >= 4 is 18.3 Å². The summed E-state index contributed by atoms with van der Waals surface area (Å²) in [5.41, 5.74) is 1.07. The Hall–Kier alpha value is -1.46. The van der Waals surface area contributed by atoms with E-state index in [0.29, 0.717) is 25.6 Å². The van der Waals surface area contributed by atoms with E-state index < -0.39 is 0 Å². The summed E-state index contributed by atoms with van der Waals surface area (Å²) in [6.07, 6.45) is 4.78. The van der Waals surface area contributed by atoms with E-state index in [9.17, 15) is 4.79 Å². The van der Waals surface area contributed by atoms with Gasteiger partial charge in [-0.1, -0.05) is 19.9 Å². The van der Waals surface area contributed by atoms with Crippen LogP contribution in [0, 0.1) is 0 Å². The number of hydrogen-bond acceptors (Lipinski definition) is 4. The third-order valence-electron chi connectivity index (χ3n) is 4.49. The molecule has 0 radical (unpaired) electrons. The van der Waals surface area contributed by atoms with E-state index in [4.69, 9.17) is 9.47 Å². The van der Waals surface area contributed by atoms with Crippen LogP contribution < -0.4 is 14.8 Å². The van der Waals surface area contributed by atoms with Gasteiger partial charge in [0.05, 0.1) is 13.7 Å². The van der Waals surface area contributed by atoms with Crippen LogP contribution in [0.15, 0.2) is 18.2 Å². The van der Waals surface area contributed by atoms with Gasteiger partial charge in [-0.2, -0.15) is 0 Å². The molecular weight excluding hydrogens is 352 g/mol. The van der Waals surface area contributed by atoms with Crippen molar-refractivity contribution in [3.63, 3.8) is 0 Å². The number of halogens is 1. The summed E-state index contributed by atoms with van der Waals surface area (Å²) < 4.78 is 11.2. The molecule has 0 bridgehead atoms. The van der Waals surface area contributed by atoms with Crippen LogP contribution in [0.4, 0.5) is 0 Å². The van der Waals surface area contributed by atoms with Crippen LogP contribution in [0.3, 0.4) is 0 Å². The zero-order valence-corrected chi connectivity index (χ0v) is 17.1. The molecule has 1 aromatic carbocycles. The summed E-state index contributed by atoms with van der Waals surface area (Å²) in [5, 5.41) is 3.41. The lowest BCUT2D eigenvalue weighted by atomic mass is 10.1. The molecule has 26 heavy (non-hydrogen) atoms. The van der Waals surface area contributed by atoms with Gasteiger partial charge in [0.1, 0.15) is 0 Å². The topological polar surface area (TPSA) is 50.8 Å².